The van der Waals surface area contributed by atoms with Gasteiger partial charge in [-0.15, -0.1) is 0 Å². The minimum Gasteiger partial charge on any atom is -0.505 e. The minimum absolute atomic E-state index is 0.179. The first-order valence-corrected chi connectivity index (χ1v) is 20.4. The van der Waals surface area contributed by atoms with Gasteiger partial charge < -0.3 is 29.2 Å². The van der Waals surface area contributed by atoms with Gasteiger partial charge in [0.15, 0.2) is 0 Å². The Morgan fingerprint density at radius 3 is 1.65 bits per heavy atom. The third kappa shape index (κ3) is 7.18. The Labute approximate surface area is 350 Å². The number of fused-ring (bicyclic) bond motifs is 4. The van der Waals surface area contributed by atoms with E-state index < -0.39 is 0 Å². The van der Waals surface area contributed by atoms with E-state index in [4.69, 9.17) is 9.47 Å². The number of nitrogens with zero attached hydrogens (tertiary/aromatic N) is 2. The molecule has 2 heterocycles. The Kier molecular flexibility index (Phi) is 10.4. The third-order valence-electron chi connectivity index (χ3n) is 11.1. The Balaban J connectivity index is 0.948. The van der Waals surface area contributed by atoms with E-state index in [-0.39, 0.29) is 11.5 Å². The monoisotopic (exact) mass is 786 g/mol. The summed E-state index contributed by atoms with van der Waals surface area (Å²) in [5.74, 6) is 1.73. The highest BCUT2D eigenvalue weighted by atomic mass is 16.5. The quantitative estimate of drug-likeness (QED) is 0.135. The summed E-state index contributed by atoms with van der Waals surface area (Å²) in [6.07, 6.45) is 8.71. The molecular weight excluding hydrogens is 741 g/mol. The number of phenols is 2. The van der Waals surface area contributed by atoms with Gasteiger partial charge in [-0.25, -0.2) is 0 Å². The standard InChI is InChI=1S/C54H46N2O4/c1-36-32-44(53(57)49(34-36)55-29-16-4-5-18-38(3)39-19-6-11-24-46(39)55)42-22-9-14-27-51(42)59-30-17-31-60-52-28-15-10-23-43(52)45-33-37(2)35-50(54(45)58)56-47-25-12-7-20-40(47)41-21-8-13-26-48(41)56/h4-16,18-28,32-35,57-58H,3,17,29-31H2,1-2H3/b16-4-,18-5-. The van der Waals surface area contributed by atoms with E-state index in [1.807, 2.05) is 122 Å². The number of allylic oxidation sites excluding steroid dienone is 4. The highest BCUT2D eigenvalue weighted by Gasteiger charge is 2.23. The molecule has 9 rings (SSSR count). The highest BCUT2D eigenvalue weighted by molar-refractivity contribution is 6.09. The largest absolute Gasteiger partial charge is 0.505 e. The van der Waals surface area contributed by atoms with Crippen molar-refractivity contribution in [3.63, 3.8) is 0 Å². The van der Waals surface area contributed by atoms with Crippen molar-refractivity contribution in [2.45, 2.75) is 20.3 Å². The second-order valence-corrected chi connectivity index (χ2v) is 15.2. The van der Waals surface area contributed by atoms with Gasteiger partial charge in [0.25, 0.3) is 0 Å². The number of para-hydroxylation sites is 5. The topological polar surface area (TPSA) is 67.1 Å². The van der Waals surface area contributed by atoms with Crippen LogP contribution in [-0.2, 0) is 0 Å². The smallest absolute Gasteiger partial charge is 0.147 e. The van der Waals surface area contributed by atoms with Gasteiger partial charge in [0, 0.05) is 57.2 Å². The lowest BCUT2D eigenvalue weighted by molar-refractivity contribution is 0.248. The van der Waals surface area contributed by atoms with Crippen LogP contribution in [0, 0.1) is 13.8 Å². The van der Waals surface area contributed by atoms with Crippen molar-refractivity contribution in [2.24, 2.45) is 0 Å². The average Bonchev–Trinajstić information content (AvgIpc) is 3.64. The summed E-state index contributed by atoms with van der Waals surface area (Å²) in [6, 6.07) is 48.6. The van der Waals surface area contributed by atoms with Crippen molar-refractivity contribution in [1.29, 1.82) is 0 Å². The molecule has 1 aromatic heterocycles. The van der Waals surface area contributed by atoms with E-state index in [0.29, 0.717) is 54.5 Å². The second kappa shape index (κ2) is 16.4. The summed E-state index contributed by atoms with van der Waals surface area (Å²) < 4.78 is 15.0. The number of anilines is 2. The Morgan fingerprint density at radius 1 is 0.533 bits per heavy atom. The van der Waals surface area contributed by atoms with Gasteiger partial charge in [0.1, 0.15) is 23.0 Å². The molecule has 0 atom stereocenters. The van der Waals surface area contributed by atoms with Crippen molar-refractivity contribution in [2.75, 3.05) is 24.7 Å². The summed E-state index contributed by atoms with van der Waals surface area (Å²) in [4.78, 5) is 2.14. The summed E-state index contributed by atoms with van der Waals surface area (Å²) in [6.45, 7) is 9.77. The molecule has 1 aliphatic heterocycles. The predicted molar refractivity (Wildman–Crippen MR) is 247 cm³/mol. The number of rotatable bonds is 10. The predicted octanol–water partition coefficient (Wildman–Crippen LogP) is 13.3. The Bertz CT molecular complexity index is 2920. The third-order valence-corrected chi connectivity index (χ3v) is 11.1. The van der Waals surface area contributed by atoms with Gasteiger partial charge in [-0.3, -0.25) is 0 Å². The molecule has 0 fully saturated rings. The maximum Gasteiger partial charge on any atom is 0.147 e. The molecule has 1 aliphatic rings. The first-order valence-electron chi connectivity index (χ1n) is 20.4. The van der Waals surface area contributed by atoms with Crippen molar-refractivity contribution in [3.8, 4) is 50.9 Å². The summed E-state index contributed by atoms with van der Waals surface area (Å²) in [5.41, 5.74) is 11.4. The molecule has 0 bridgehead atoms. The molecule has 7 aromatic carbocycles. The van der Waals surface area contributed by atoms with Crippen LogP contribution in [0.5, 0.6) is 23.0 Å². The lowest BCUT2D eigenvalue weighted by Crippen LogP contribution is -2.18. The molecule has 2 N–H and O–H groups in total. The molecule has 8 aromatic rings. The van der Waals surface area contributed by atoms with E-state index in [1.54, 1.807) is 0 Å². The van der Waals surface area contributed by atoms with Gasteiger partial charge in [-0.1, -0.05) is 122 Å². The first-order chi connectivity index (χ1) is 29.4. The van der Waals surface area contributed by atoms with Crippen LogP contribution in [0.15, 0.2) is 176 Å². The molecule has 0 aliphatic carbocycles. The number of aromatic hydroxyl groups is 2. The maximum absolute atomic E-state index is 12.0. The minimum atomic E-state index is 0.179. The number of phenolic OH excluding ortho intramolecular Hbond substituents is 2. The Morgan fingerprint density at radius 2 is 1.03 bits per heavy atom. The number of aryl methyl sites for hydroxylation is 2. The lowest BCUT2D eigenvalue weighted by Gasteiger charge is -2.28. The van der Waals surface area contributed by atoms with Crippen LogP contribution in [0.1, 0.15) is 23.1 Å². The van der Waals surface area contributed by atoms with E-state index in [0.717, 1.165) is 66.6 Å². The average molecular weight is 787 g/mol. The number of hydrogen-bond donors (Lipinski definition) is 2. The van der Waals surface area contributed by atoms with Crippen LogP contribution in [0.2, 0.25) is 0 Å². The Hall–Kier alpha value is -7.44. The molecule has 0 unspecified atom stereocenters. The van der Waals surface area contributed by atoms with Crippen molar-refractivity contribution in [1.82, 2.24) is 4.57 Å². The van der Waals surface area contributed by atoms with Gasteiger partial charge in [0.05, 0.1) is 35.6 Å². The number of hydrogen-bond acceptors (Lipinski definition) is 5. The molecule has 0 radical (unpaired) electrons. The van der Waals surface area contributed by atoms with Gasteiger partial charge in [0.2, 0.25) is 0 Å². The molecule has 6 heteroatoms. The van der Waals surface area contributed by atoms with Gasteiger partial charge in [-0.05, 0) is 85.1 Å². The van der Waals surface area contributed by atoms with Crippen molar-refractivity contribution < 1.29 is 19.7 Å². The second-order valence-electron chi connectivity index (χ2n) is 15.2. The highest BCUT2D eigenvalue weighted by Crippen LogP contribution is 2.46. The molecule has 0 spiro atoms. The van der Waals surface area contributed by atoms with Gasteiger partial charge in [-0.2, -0.15) is 0 Å². The number of benzene rings is 7. The summed E-state index contributed by atoms with van der Waals surface area (Å²) in [7, 11) is 0. The van der Waals surface area contributed by atoms with Gasteiger partial charge >= 0.3 is 0 Å². The molecule has 296 valence electrons. The van der Waals surface area contributed by atoms with E-state index in [1.165, 1.54) is 0 Å². The molecule has 60 heavy (non-hydrogen) atoms. The van der Waals surface area contributed by atoms with Crippen LogP contribution in [-0.4, -0.2) is 34.5 Å². The zero-order valence-corrected chi connectivity index (χ0v) is 33.8. The summed E-state index contributed by atoms with van der Waals surface area (Å²) >= 11 is 0. The zero-order valence-electron chi connectivity index (χ0n) is 33.8. The van der Waals surface area contributed by atoms with E-state index >= 15 is 0 Å². The van der Waals surface area contributed by atoms with Crippen molar-refractivity contribution >= 4 is 38.8 Å². The molecule has 0 saturated carbocycles. The van der Waals surface area contributed by atoms with Crippen LogP contribution in [0.4, 0.5) is 11.4 Å². The number of aromatic nitrogens is 1. The fourth-order valence-corrected chi connectivity index (χ4v) is 8.35. The van der Waals surface area contributed by atoms with Crippen LogP contribution < -0.4 is 14.4 Å². The number of ether oxygens (including phenoxy) is 2. The maximum atomic E-state index is 12.0. The molecule has 0 saturated heterocycles. The van der Waals surface area contributed by atoms with Crippen LogP contribution in [0.25, 0.3) is 55.3 Å². The fourth-order valence-electron chi connectivity index (χ4n) is 8.35. The SMILES string of the molecule is C=C1/C=C\C=C/CN(c2cc(C)cc(-c3ccccc3OCCCOc3ccccc3-c3cc(C)cc(-n4c5ccccc5c5ccccc54)c3O)c2O)c2ccccc21. The van der Waals surface area contributed by atoms with E-state index in [2.05, 4.69) is 77.6 Å². The molecule has 0 amide bonds. The van der Waals surface area contributed by atoms with Crippen LogP contribution >= 0.6 is 0 Å². The normalized spacial score (nSPS) is 13.7. The zero-order chi connectivity index (χ0) is 41.2. The lowest BCUT2D eigenvalue weighted by atomic mass is 9.98. The van der Waals surface area contributed by atoms with E-state index in [9.17, 15) is 10.2 Å². The molecular formula is C54H46N2O4. The first kappa shape index (κ1) is 38.1. The molecule has 6 nitrogen and oxygen atoms in total. The van der Waals surface area contributed by atoms with Crippen LogP contribution in [0.3, 0.4) is 0 Å². The fraction of sp³-hybridized carbons (Fsp3) is 0.111. The van der Waals surface area contributed by atoms with Crippen molar-refractivity contribution in [3.05, 3.63) is 193 Å². The summed E-state index contributed by atoms with van der Waals surface area (Å²) in [5, 5.41) is 26.3.